The minimum atomic E-state index is -0.944. The summed E-state index contributed by atoms with van der Waals surface area (Å²) in [5.74, 6) is 1.51. The van der Waals surface area contributed by atoms with Gasteiger partial charge in [0.05, 0.1) is 10.7 Å². The molecule has 0 radical (unpaired) electrons. The third-order valence-electron chi connectivity index (χ3n) is 4.84. The Balaban J connectivity index is 1.74. The van der Waals surface area contributed by atoms with E-state index in [1.807, 2.05) is 0 Å². The Morgan fingerprint density at radius 1 is 1.45 bits per heavy atom. The predicted molar refractivity (Wildman–Crippen MR) is 78.8 cm³/mol. The Bertz CT molecular complexity index is 514. The fourth-order valence-electron chi connectivity index (χ4n) is 3.69. The minimum absolute atomic E-state index is 0.360. The van der Waals surface area contributed by atoms with Gasteiger partial charge in [-0.1, -0.05) is 13.3 Å². The molecule has 0 saturated heterocycles. The van der Waals surface area contributed by atoms with E-state index in [1.54, 1.807) is 11.3 Å². The largest absolute Gasteiger partial charge is 0.480 e. The summed E-state index contributed by atoms with van der Waals surface area (Å²) in [4.78, 5) is 16.9. The number of aliphatic carboxylic acids is 1. The summed E-state index contributed by atoms with van der Waals surface area (Å²) in [7, 11) is 0. The number of aromatic nitrogens is 1. The van der Waals surface area contributed by atoms with Crippen molar-refractivity contribution < 1.29 is 9.90 Å². The molecule has 1 heterocycles. The quantitative estimate of drug-likeness (QED) is 0.896. The maximum Gasteiger partial charge on any atom is 0.320 e. The SMILES string of the molecule is CC1CCC2Cc3sc(C[C@@H](N)C(=O)O)nc3CC2C1. The van der Waals surface area contributed by atoms with Crippen molar-refractivity contribution in [2.24, 2.45) is 23.5 Å². The van der Waals surface area contributed by atoms with Crippen molar-refractivity contribution in [2.45, 2.75) is 51.5 Å². The molecular weight excluding hydrogens is 272 g/mol. The van der Waals surface area contributed by atoms with Crippen LogP contribution in [0.3, 0.4) is 0 Å². The van der Waals surface area contributed by atoms with Crippen molar-refractivity contribution in [3.05, 3.63) is 15.6 Å². The number of nitrogens with zero attached hydrogens (tertiary/aromatic N) is 1. The number of rotatable bonds is 3. The first-order valence-electron chi connectivity index (χ1n) is 7.48. The van der Waals surface area contributed by atoms with Crippen LogP contribution in [0.2, 0.25) is 0 Å². The van der Waals surface area contributed by atoms with Crippen LogP contribution in [0.5, 0.6) is 0 Å². The molecule has 2 aliphatic rings. The fraction of sp³-hybridized carbons (Fsp3) is 0.733. The van der Waals surface area contributed by atoms with E-state index in [9.17, 15) is 4.79 Å². The highest BCUT2D eigenvalue weighted by Crippen LogP contribution is 2.43. The second-order valence-electron chi connectivity index (χ2n) is 6.47. The maximum atomic E-state index is 10.8. The van der Waals surface area contributed by atoms with Gasteiger partial charge in [-0.25, -0.2) is 4.98 Å². The van der Waals surface area contributed by atoms with Crippen molar-refractivity contribution >= 4 is 17.3 Å². The van der Waals surface area contributed by atoms with Crippen LogP contribution in [0.25, 0.3) is 0 Å². The summed E-state index contributed by atoms with van der Waals surface area (Å²) in [5, 5.41) is 9.80. The number of nitrogens with two attached hydrogens (primary N) is 1. The van der Waals surface area contributed by atoms with E-state index in [4.69, 9.17) is 10.8 Å². The second kappa shape index (κ2) is 5.45. The van der Waals surface area contributed by atoms with E-state index >= 15 is 0 Å². The van der Waals surface area contributed by atoms with Gasteiger partial charge in [-0.05, 0) is 43.4 Å². The number of carboxylic acids is 1. The van der Waals surface area contributed by atoms with Gasteiger partial charge >= 0.3 is 5.97 Å². The van der Waals surface area contributed by atoms with Gasteiger partial charge in [0.25, 0.3) is 0 Å². The van der Waals surface area contributed by atoms with Crippen LogP contribution in [-0.4, -0.2) is 22.1 Å². The first kappa shape index (κ1) is 14.0. The zero-order chi connectivity index (χ0) is 14.3. The van der Waals surface area contributed by atoms with Crippen molar-refractivity contribution in [3.8, 4) is 0 Å². The lowest BCUT2D eigenvalue weighted by atomic mass is 9.69. The lowest BCUT2D eigenvalue weighted by Gasteiger charge is -2.37. The Hall–Kier alpha value is -0.940. The van der Waals surface area contributed by atoms with Gasteiger partial charge in [0.1, 0.15) is 6.04 Å². The highest BCUT2D eigenvalue weighted by molar-refractivity contribution is 7.11. The molecule has 2 aliphatic carbocycles. The van der Waals surface area contributed by atoms with Crippen molar-refractivity contribution in [2.75, 3.05) is 0 Å². The molecular formula is C15H22N2O2S. The zero-order valence-corrected chi connectivity index (χ0v) is 12.7. The van der Waals surface area contributed by atoms with Crippen LogP contribution < -0.4 is 5.73 Å². The third-order valence-corrected chi connectivity index (χ3v) is 5.98. The van der Waals surface area contributed by atoms with Gasteiger partial charge in [-0.3, -0.25) is 4.79 Å². The normalized spacial score (nSPS) is 30.4. The second-order valence-corrected chi connectivity index (χ2v) is 7.64. The maximum absolute atomic E-state index is 10.8. The van der Waals surface area contributed by atoms with Crippen LogP contribution in [0.1, 0.15) is 41.8 Å². The van der Waals surface area contributed by atoms with Crippen LogP contribution in [0.4, 0.5) is 0 Å². The summed E-state index contributed by atoms with van der Waals surface area (Å²) in [6, 6.07) is -0.829. The summed E-state index contributed by atoms with van der Waals surface area (Å²) in [6.45, 7) is 2.35. The van der Waals surface area contributed by atoms with Gasteiger partial charge < -0.3 is 10.8 Å². The average molecular weight is 294 g/mol. The molecule has 20 heavy (non-hydrogen) atoms. The molecule has 1 fully saturated rings. The smallest absolute Gasteiger partial charge is 0.320 e. The molecule has 0 aliphatic heterocycles. The topological polar surface area (TPSA) is 76.2 Å². The molecule has 3 rings (SSSR count). The van der Waals surface area contributed by atoms with E-state index in [-0.39, 0.29) is 0 Å². The van der Waals surface area contributed by atoms with E-state index in [2.05, 4.69) is 11.9 Å². The van der Waals surface area contributed by atoms with Gasteiger partial charge in [-0.2, -0.15) is 0 Å². The van der Waals surface area contributed by atoms with Crippen molar-refractivity contribution in [1.82, 2.24) is 4.98 Å². The number of hydrogen-bond acceptors (Lipinski definition) is 4. The Morgan fingerprint density at radius 3 is 3.00 bits per heavy atom. The van der Waals surface area contributed by atoms with Gasteiger partial charge in [0, 0.05) is 11.3 Å². The number of carboxylic acid groups (broad SMARTS) is 1. The van der Waals surface area contributed by atoms with E-state index < -0.39 is 12.0 Å². The number of thiazole rings is 1. The molecule has 4 atom stereocenters. The fourth-order valence-corrected chi connectivity index (χ4v) is 4.93. The van der Waals surface area contributed by atoms with Crippen LogP contribution in [-0.2, 0) is 24.1 Å². The molecule has 1 saturated carbocycles. The Morgan fingerprint density at radius 2 is 2.25 bits per heavy atom. The highest BCUT2D eigenvalue weighted by atomic mass is 32.1. The Kier molecular flexibility index (Phi) is 3.82. The lowest BCUT2D eigenvalue weighted by Crippen LogP contribution is -2.32. The predicted octanol–water partition coefficient (Wildman–Crippen LogP) is 2.25. The summed E-state index contributed by atoms with van der Waals surface area (Å²) >= 11 is 1.68. The Labute approximate surface area is 123 Å². The molecule has 1 aromatic heterocycles. The molecule has 0 amide bonds. The van der Waals surface area contributed by atoms with Crippen molar-refractivity contribution in [1.29, 1.82) is 0 Å². The number of fused-ring (bicyclic) bond motifs is 2. The van der Waals surface area contributed by atoms with Gasteiger partial charge in [0.15, 0.2) is 0 Å². The lowest BCUT2D eigenvalue weighted by molar-refractivity contribution is -0.138. The first-order chi connectivity index (χ1) is 9.52. The number of carbonyl (C=O) groups is 1. The molecule has 5 heteroatoms. The summed E-state index contributed by atoms with van der Waals surface area (Å²) in [5.41, 5.74) is 6.83. The molecule has 110 valence electrons. The molecule has 4 nitrogen and oxygen atoms in total. The standard InChI is InChI=1S/C15H22N2O2S/c1-8-2-3-9-6-13-12(5-10(9)4-8)17-14(20-13)7-11(16)15(18)19/h8-11H,2-7,16H2,1H3,(H,18,19)/t8?,9?,10?,11-/m1/s1. The van der Waals surface area contributed by atoms with E-state index in [0.717, 1.165) is 35.6 Å². The third kappa shape index (κ3) is 2.74. The molecule has 0 bridgehead atoms. The van der Waals surface area contributed by atoms with Crippen LogP contribution in [0, 0.1) is 17.8 Å². The zero-order valence-electron chi connectivity index (χ0n) is 11.8. The van der Waals surface area contributed by atoms with E-state index in [0.29, 0.717) is 6.42 Å². The number of hydrogen-bond donors (Lipinski definition) is 2. The molecule has 1 aromatic rings. The molecule has 0 spiro atoms. The van der Waals surface area contributed by atoms with Crippen LogP contribution >= 0.6 is 11.3 Å². The first-order valence-corrected chi connectivity index (χ1v) is 8.30. The highest BCUT2D eigenvalue weighted by Gasteiger charge is 2.35. The molecule has 0 aromatic carbocycles. The minimum Gasteiger partial charge on any atom is -0.480 e. The van der Waals surface area contributed by atoms with E-state index in [1.165, 1.54) is 29.8 Å². The average Bonchev–Trinajstić information content (AvgIpc) is 2.76. The monoisotopic (exact) mass is 294 g/mol. The van der Waals surface area contributed by atoms with Gasteiger partial charge in [-0.15, -0.1) is 11.3 Å². The molecule has 3 unspecified atom stereocenters. The summed E-state index contributed by atoms with van der Waals surface area (Å²) in [6.07, 6.45) is 6.61. The molecule has 3 N–H and O–H groups in total. The summed E-state index contributed by atoms with van der Waals surface area (Å²) < 4.78 is 0. The van der Waals surface area contributed by atoms with Crippen molar-refractivity contribution in [3.63, 3.8) is 0 Å². The van der Waals surface area contributed by atoms with Gasteiger partial charge in [0.2, 0.25) is 0 Å². The van der Waals surface area contributed by atoms with Crippen LogP contribution in [0.15, 0.2) is 0 Å².